The van der Waals surface area contributed by atoms with E-state index in [1.54, 1.807) is 0 Å². The maximum Gasteiger partial charge on any atom is 0.192 e. The highest BCUT2D eigenvalue weighted by Gasteiger charge is 2.61. The van der Waals surface area contributed by atoms with Crippen molar-refractivity contribution in [1.82, 2.24) is 0 Å². The van der Waals surface area contributed by atoms with Crippen molar-refractivity contribution in [3.63, 3.8) is 0 Å². The maximum absolute atomic E-state index is 13.8. The van der Waals surface area contributed by atoms with E-state index in [0.717, 1.165) is 50.2 Å². The van der Waals surface area contributed by atoms with Gasteiger partial charge in [-0.1, -0.05) is 46.3 Å². The van der Waals surface area contributed by atoms with E-state index in [1.165, 1.54) is 5.57 Å². The molecule has 2 aliphatic heterocycles. The van der Waals surface area contributed by atoms with Crippen molar-refractivity contribution in [2.45, 2.75) is 123 Å². The molecule has 0 amide bonds. The summed E-state index contributed by atoms with van der Waals surface area (Å²) in [5, 5.41) is 11.7. The lowest BCUT2D eigenvalue weighted by Crippen LogP contribution is -2.68. The van der Waals surface area contributed by atoms with Crippen LogP contribution in [0, 0.1) is 17.3 Å². The van der Waals surface area contributed by atoms with Crippen molar-refractivity contribution < 1.29 is 19.1 Å². The lowest BCUT2D eigenvalue weighted by atomic mass is 9.57. The number of allylic oxidation sites excluding steroid dienone is 2. The molecule has 1 N–H and O–H groups in total. The number of Topliss-reactive ketones (excluding diaryl/α,β-unsaturated/α-hetero) is 1. The molecule has 0 radical (unpaired) electrons. The molecule has 0 aromatic heterocycles. The van der Waals surface area contributed by atoms with E-state index in [9.17, 15) is 9.90 Å². The van der Waals surface area contributed by atoms with E-state index in [2.05, 4.69) is 54.5 Å². The molecular formula is C25H44O4Si. The number of hydrogen-bond acceptors (Lipinski definition) is 4. The monoisotopic (exact) mass is 436 g/mol. The van der Waals surface area contributed by atoms with Gasteiger partial charge in [-0.25, -0.2) is 0 Å². The van der Waals surface area contributed by atoms with Gasteiger partial charge in [0.15, 0.2) is 8.32 Å². The molecule has 4 bridgehead atoms. The highest BCUT2D eigenvalue weighted by molar-refractivity contribution is 6.73. The number of ketones is 1. The molecule has 4 rings (SSSR count). The number of rotatable bonds is 5. The highest BCUT2D eigenvalue weighted by atomic mass is 28.4. The SMILES string of the molecule is CC[Si](CC)(CC)O[C@@H]1[C@@H](O)[C@H]2C(=O)[C@@]3(C)CC/C(C)=C/CC[C@]1(C)O[C@@H]2C[C@H]3C. The average Bonchev–Trinajstić information content (AvgIpc) is 2.71. The van der Waals surface area contributed by atoms with E-state index in [0.29, 0.717) is 0 Å². The van der Waals surface area contributed by atoms with Crippen LogP contribution in [0.5, 0.6) is 0 Å². The molecule has 7 atom stereocenters. The number of fused-ring (bicyclic) bond motifs is 6. The molecule has 1 saturated heterocycles. The quantitative estimate of drug-likeness (QED) is 0.447. The second-order valence-electron chi connectivity index (χ2n) is 10.8. The minimum absolute atomic E-state index is 0.194. The first-order valence-electron chi connectivity index (χ1n) is 12.3. The van der Waals surface area contributed by atoms with Gasteiger partial charge in [0.05, 0.1) is 23.7 Å². The molecule has 2 aliphatic carbocycles. The molecule has 4 aliphatic rings. The smallest absolute Gasteiger partial charge is 0.192 e. The molecule has 0 aromatic rings. The summed E-state index contributed by atoms with van der Waals surface area (Å²) in [6, 6.07) is 3.07. The fourth-order valence-electron chi connectivity index (χ4n) is 6.20. The minimum Gasteiger partial charge on any atom is -0.408 e. The summed E-state index contributed by atoms with van der Waals surface area (Å²) in [5.74, 6) is -0.0208. The summed E-state index contributed by atoms with van der Waals surface area (Å²) in [6.45, 7) is 15.3. The Morgan fingerprint density at radius 1 is 1.20 bits per heavy atom. The van der Waals surface area contributed by atoms with Crippen molar-refractivity contribution in [2.24, 2.45) is 17.3 Å². The number of carbonyl (C=O) groups is 1. The van der Waals surface area contributed by atoms with Gasteiger partial charge in [-0.05, 0) is 70.0 Å². The number of aliphatic hydroxyl groups excluding tert-OH is 1. The van der Waals surface area contributed by atoms with Crippen LogP contribution in [-0.4, -0.2) is 43.1 Å². The lowest BCUT2D eigenvalue weighted by molar-refractivity contribution is -0.254. The van der Waals surface area contributed by atoms with Gasteiger partial charge < -0.3 is 14.3 Å². The van der Waals surface area contributed by atoms with Gasteiger partial charge in [-0.15, -0.1) is 0 Å². The van der Waals surface area contributed by atoms with Gasteiger partial charge in [-0.3, -0.25) is 4.79 Å². The average molecular weight is 437 g/mol. The van der Waals surface area contributed by atoms with Gasteiger partial charge in [0.25, 0.3) is 0 Å². The summed E-state index contributed by atoms with van der Waals surface area (Å²) in [7, 11) is -1.98. The Kier molecular flexibility index (Phi) is 7.09. The highest BCUT2D eigenvalue weighted by Crippen LogP contribution is 2.52. The summed E-state index contributed by atoms with van der Waals surface area (Å²) in [6.07, 6.45) is 5.28. The topological polar surface area (TPSA) is 55.8 Å². The summed E-state index contributed by atoms with van der Waals surface area (Å²) >= 11 is 0. The van der Waals surface area contributed by atoms with Crippen molar-refractivity contribution >= 4 is 14.1 Å². The zero-order valence-corrected chi connectivity index (χ0v) is 21.3. The molecule has 1 saturated carbocycles. The van der Waals surface area contributed by atoms with E-state index < -0.39 is 37.5 Å². The number of carbonyl (C=O) groups excluding carboxylic acids is 1. The van der Waals surface area contributed by atoms with Gasteiger partial charge in [0, 0.05) is 5.41 Å². The van der Waals surface area contributed by atoms with Crippen LogP contribution in [0.25, 0.3) is 0 Å². The van der Waals surface area contributed by atoms with E-state index in [4.69, 9.17) is 9.16 Å². The lowest BCUT2D eigenvalue weighted by Gasteiger charge is -2.57. The second-order valence-corrected chi connectivity index (χ2v) is 15.5. The Morgan fingerprint density at radius 3 is 2.43 bits per heavy atom. The van der Waals surface area contributed by atoms with Gasteiger partial charge in [0.1, 0.15) is 11.9 Å². The standard InChI is InChI=1S/C25H44O4Si/c1-8-30(9-2,10-3)29-23-21(26)20-19-16-18(5)24(6,22(20)27)15-13-17(4)12-11-14-25(23,7)28-19/h12,18-21,23,26H,8-11,13-16H2,1-7H3/b17-12+/t18-,19-,20+,21+,23-,24+,25+/m1/s1. The third-order valence-electron chi connectivity index (χ3n) is 9.12. The molecule has 5 heteroatoms. The summed E-state index contributed by atoms with van der Waals surface area (Å²) < 4.78 is 13.7. The third kappa shape index (κ3) is 4.00. The normalized spacial score (nSPS) is 44.3. The molecular weight excluding hydrogens is 392 g/mol. The van der Waals surface area contributed by atoms with Crippen LogP contribution < -0.4 is 0 Å². The van der Waals surface area contributed by atoms with Crippen molar-refractivity contribution in [3.05, 3.63) is 11.6 Å². The van der Waals surface area contributed by atoms with E-state index in [-0.39, 0.29) is 17.8 Å². The first kappa shape index (κ1) is 24.2. The number of hydrogen-bond donors (Lipinski definition) is 1. The molecule has 4 nitrogen and oxygen atoms in total. The predicted octanol–water partition coefficient (Wildman–Crippen LogP) is 5.65. The first-order valence-corrected chi connectivity index (χ1v) is 14.8. The molecule has 2 fully saturated rings. The Labute approximate surface area is 184 Å². The van der Waals surface area contributed by atoms with Crippen molar-refractivity contribution in [1.29, 1.82) is 0 Å². The number of aliphatic hydroxyl groups is 1. The maximum atomic E-state index is 13.8. The first-order chi connectivity index (χ1) is 14.1. The molecule has 30 heavy (non-hydrogen) atoms. The molecule has 0 aromatic carbocycles. The Hall–Kier alpha value is -0.493. The molecule has 172 valence electrons. The predicted molar refractivity (Wildman–Crippen MR) is 124 cm³/mol. The van der Waals surface area contributed by atoms with Crippen molar-refractivity contribution in [2.75, 3.05) is 0 Å². The zero-order chi connectivity index (χ0) is 22.3. The van der Waals surface area contributed by atoms with Crippen LogP contribution in [0.15, 0.2) is 11.6 Å². The second kappa shape index (κ2) is 8.80. The molecule has 0 spiro atoms. The minimum atomic E-state index is -1.98. The zero-order valence-electron chi connectivity index (χ0n) is 20.3. The van der Waals surface area contributed by atoms with Crippen LogP contribution in [-0.2, 0) is 14.0 Å². The van der Waals surface area contributed by atoms with E-state index in [1.807, 2.05) is 0 Å². The van der Waals surface area contributed by atoms with Crippen LogP contribution in [0.1, 0.15) is 80.6 Å². The number of ether oxygens (including phenoxy) is 1. The van der Waals surface area contributed by atoms with Gasteiger partial charge in [0.2, 0.25) is 0 Å². The van der Waals surface area contributed by atoms with Crippen LogP contribution in [0.4, 0.5) is 0 Å². The van der Waals surface area contributed by atoms with Crippen LogP contribution in [0.2, 0.25) is 18.1 Å². The Morgan fingerprint density at radius 2 is 1.83 bits per heavy atom. The summed E-state index contributed by atoms with van der Waals surface area (Å²) in [4.78, 5) is 13.8. The fourth-order valence-corrected chi connectivity index (χ4v) is 9.13. The van der Waals surface area contributed by atoms with E-state index >= 15 is 0 Å². The Bertz CT molecular complexity index is 664. The van der Waals surface area contributed by atoms with Gasteiger partial charge >= 0.3 is 0 Å². The van der Waals surface area contributed by atoms with Crippen LogP contribution >= 0.6 is 0 Å². The fraction of sp³-hybridized carbons (Fsp3) is 0.880. The van der Waals surface area contributed by atoms with Gasteiger partial charge in [-0.2, -0.15) is 0 Å². The third-order valence-corrected chi connectivity index (χ3v) is 13.7. The molecule has 0 unspecified atom stereocenters. The van der Waals surface area contributed by atoms with Crippen LogP contribution in [0.3, 0.4) is 0 Å². The molecule has 2 heterocycles. The van der Waals surface area contributed by atoms with Crippen molar-refractivity contribution in [3.8, 4) is 0 Å². The summed E-state index contributed by atoms with van der Waals surface area (Å²) in [5.41, 5.74) is 0.380. The Balaban J connectivity index is 2.07. The largest absolute Gasteiger partial charge is 0.408 e.